The number of nitrogens with one attached hydrogen (secondary N) is 3. The number of aliphatic carboxylic acids is 1. The first-order valence-electron chi connectivity index (χ1n) is 11.4. The molecule has 0 bridgehead atoms. The van der Waals surface area contributed by atoms with Gasteiger partial charge in [0.15, 0.2) is 5.96 Å². The molecule has 0 heterocycles. The Kier molecular flexibility index (Phi) is 15.0. The minimum absolute atomic E-state index is 0.0577. The number of nitrogens with zero attached hydrogens (tertiary/aromatic N) is 1. The average Bonchev–Trinajstić information content (AvgIpc) is 2.80. The summed E-state index contributed by atoms with van der Waals surface area (Å²) in [5.74, 6) is -6.96. The van der Waals surface area contributed by atoms with Gasteiger partial charge >= 0.3 is 5.97 Å². The van der Waals surface area contributed by atoms with Crippen LogP contribution in [0.1, 0.15) is 44.9 Å². The second-order valence-corrected chi connectivity index (χ2v) is 8.26. The summed E-state index contributed by atoms with van der Waals surface area (Å²) in [5, 5.41) is 16.1. The van der Waals surface area contributed by atoms with Gasteiger partial charge in [-0.05, 0) is 25.7 Å². The number of nitrogens with two attached hydrogens (primary N) is 6. The molecule has 0 aliphatic heterocycles. The molecule has 4 unspecified atom stereocenters. The van der Waals surface area contributed by atoms with E-state index in [1.54, 1.807) is 0 Å². The van der Waals surface area contributed by atoms with Crippen molar-refractivity contribution in [3.05, 3.63) is 0 Å². The van der Waals surface area contributed by atoms with Gasteiger partial charge in [0.1, 0.15) is 18.1 Å². The van der Waals surface area contributed by atoms with Gasteiger partial charge in [-0.3, -0.25) is 33.8 Å². The molecule has 16 N–H and O–H groups in total. The number of hydrogen-bond acceptors (Lipinski definition) is 9. The van der Waals surface area contributed by atoms with Gasteiger partial charge in [0, 0.05) is 19.4 Å². The van der Waals surface area contributed by atoms with Crippen molar-refractivity contribution < 1.29 is 38.7 Å². The van der Waals surface area contributed by atoms with Crippen LogP contribution in [-0.2, 0) is 33.6 Å². The van der Waals surface area contributed by atoms with E-state index in [0.29, 0.717) is 0 Å². The van der Waals surface area contributed by atoms with E-state index in [4.69, 9.17) is 34.4 Å². The quantitative estimate of drug-likeness (QED) is 0.0414. The minimum atomic E-state index is -1.68. The Morgan fingerprint density at radius 2 is 1.13 bits per heavy atom. The highest BCUT2D eigenvalue weighted by atomic mass is 16.4. The highest BCUT2D eigenvalue weighted by Crippen LogP contribution is 2.05. The highest BCUT2D eigenvalue weighted by Gasteiger charge is 2.31. The average molecular weight is 545 g/mol. The lowest BCUT2D eigenvalue weighted by Crippen LogP contribution is -2.57. The Labute approximate surface area is 217 Å². The van der Waals surface area contributed by atoms with Gasteiger partial charge in [0.2, 0.25) is 35.4 Å². The molecule has 0 rings (SSSR count). The number of carboxylic acids is 1. The maximum Gasteiger partial charge on any atom is 0.326 e. The molecule has 0 radical (unpaired) electrons. The monoisotopic (exact) mass is 544 g/mol. The molecule has 6 amide bonds. The molecule has 4 atom stereocenters. The third-order valence-electron chi connectivity index (χ3n) is 4.95. The summed E-state index contributed by atoms with van der Waals surface area (Å²) >= 11 is 0. The summed E-state index contributed by atoms with van der Waals surface area (Å²) in [6.07, 6.45) is -1.55. The Morgan fingerprint density at radius 3 is 1.61 bits per heavy atom. The molecule has 0 aromatic heterocycles. The lowest BCUT2D eigenvalue weighted by atomic mass is 10.1. The fourth-order valence-electron chi connectivity index (χ4n) is 2.98. The van der Waals surface area contributed by atoms with Gasteiger partial charge in [-0.15, -0.1) is 0 Å². The van der Waals surface area contributed by atoms with E-state index in [0.717, 1.165) is 0 Å². The van der Waals surface area contributed by atoms with Crippen LogP contribution < -0.4 is 50.4 Å². The summed E-state index contributed by atoms with van der Waals surface area (Å²) < 4.78 is 0. The van der Waals surface area contributed by atoms with Crippen molar-refractivity contribution in [1.82, 2.24) is 16.0 Å². The fraction of sp³-hybridized carbons (Fsp3) is 0.600. The van der Waals surface area contributed by atoms with Crippen molar-refractivity contribution in [2.75, 3.05) is 6.54 Å². The van der Waals surface area contributed by atoms with Crippen LogP contribution in [0.2, 0.25) is 0 Å². The van der Waals surface area contributed by atoms with E-state index in [9.17, 15) is 38.7 Å². The van der Waals surface area contributed by atoms with Crippen molar-refractivity contribution in [2.24, 2.45) is 39.4 Å². The first-order chi connectivity index (χ1) is 17.6. The molecule has 38 heavy (non-hydrogen) atoms. The molecule has 214 valence electrons. The molecule has 0 aromatic rings. The van der Waals surface area contributed by atoms with E-state index in [1.807, 2.05) is 0 Å². The summed E-state index contributed by atoms with van der Waals surface area (Å²) in [6, 6.07) is -5.65. The van der Waals surface area contributed by atoms with Crippen LogP contribution in [0.15, 0.2) is 4.99 Å². The van der Waals surface area contributed by atoms with Gasteiger partial charge in [0.05, 0.1) is 12.5 Å². The van der Waals surface area contributed by atoms with E-state index < -0.39 is 72.0 Å². The van der Waals surface area contributed by atoms with Crippen molar-refractivity contribution in [3.8, 4) is 0 Å². The van der Waals surface area contributed by atoms with Gasteiger partial charge < -0.3 is 55.5 Å². The van der Waals surface area contributed by atoms with Gasteiger partial charge in [-0.2, -0.15) is 0 Å². The minimum Gasteiger partial charge on any atom is -0.480 e. The van der Waals surface area contributed by atoms with E-state index in [1.165, 1.54) is 0 Å². The molecule has 18 nitrogen and oxygen atoms in total. The van der Waals surface area contributed by atoms with E-state index in [-0.39, 0.29) is 51.0 Å². The first kappa shape index (κ1) is 33.5. The molecule has 0 saturated carbocycles. The Balaban J connectivity index is 5.72. The second-order valence-electron chi connectivity index (χ2n) is 8.26. The fourth-order valence-corrected chi connectivity index (χ4v) is 2.98. The molecule has 0 spiro atoms. The lowest BCUT2D eigenvalue weighted by Gasteiger charge is -2.25. The maximum atomic E-state index is 13.0. The summed E-state index contributed by atoms with van der Waals surface area (Å²) in [7, 11) is 0. The maximum absolute atomic E-state index is 13.0. The Morgan fingerprint density at radius 1 is 0.658 bits per heavy atom. The number of primary amides is 3. The summed E-state index contributed by atoms with van der Waals surface area (Å²) in [4.78, 5) is 86.8. The van der Waals surface area contributed by atoms with Crippen LogP contribution in [0.3, 0.4) is 0 Å². The van der Waals surface area contributed by atoms with Crippen molar-refractivity contribution in [1.29, 1.82) is 0 Å². The van der Waals surface area contributed by atoms with Crippen LogP contribution in [0.5, 0.6) is 0 Å². The summed E-state index contributed by atoms with van der Waals surface area (Å²) in [6.45, 7) is 0.0577. The number of carboxylic acid groups (broad SMARTS) is 1. The van der Waals surface area contributed by atoms with Crippen molar-refractivity contribution in [2.45, 2.75) is 69.1 Å². The SMILES string of the molecule is NC(=O)CCC(N)C(=O)NC(CCC(N)=O)C(=O)NC(CCCN=C(N)N)C(=O)NC(CC(N)=O)C(=O)O. The van der Waals surface area contributed by atoms with Crippen LogP contribution in [0.25, 0.3) is 0 Å². The topological polar surface area (TPSA) is 344 Å². The Bertz CT molecular complexity index is 921. The van der Waals surface area contributed by atoms with Gasteiger partial charge in [-0.1, -0.05) is 0 Å². The molecule has 0 aliphatic rings. The number of carbonyl (C=O) groups is 7. The third kappa shape index (κ3) is 14.8. The Hall–Kier alpha value is -4.48. The predicted molar refractivity (Wildman–Crippen MR) is 132 cm³/mol. The zero-order valence-corrected chi connectivity index (χ0v) is 20.7. The second kappa shape index (κ2) is 17.1. The molecular formula is C20H36N10O8. The van der Waals surface area contributed by atoms with Crippen molar-refractivity contribution >= 4 is 47.4 Å². The molecule has 0 aromatic carbocycles. The number of carbonyl (C=O) groups excluding carboxylic acids is 6. The standard InChI is InChI=1S/C20H36N10O8/c21-9(3-5-13(22)31)16(34)28-11(4-6-14(23)32)18(36)29-10(2-1-7-27-20(25)26)17(35)30-12(19(37)38)8-15(24)33/h9-12H,1-8,21H2,(H2,22,31)(H2,23,32)(H2,24,33)(H,28,34)(H,29,36)(H,30,35)(H,37,38)(H4,25,26,27). The van der Waals surface area contributed by atoms with Crippen LogP contribution >= 0.6 is 0 Å². The number of guanidine groups is 1. The molecule has 0 aliphatic carbocycles. The lowest BCUT2D eigenvalue weighted by molar-refractivity contribution is -0.143. The number of amides is 6. The van der Waals surface area contributed by atoms with E-state index >= 15 is 0 Å². The zero-order chi connectivity index (χ0) is 29.4. The molecule has 18 heteroatoms. The van der Waals surface area contributed by atoms with Gasteiger partial charge in [-0.25, -0.2) is 4.79 Å². The molecular weight excluding hydrogens is 508 g/mol. The zero-order valence-electron chi connectivity index (χ0n) is 20.7. The molecule has 0 saturated heterocycles. The smallest absolute Gasteiger partial charge is 0.326 e. The highest BCUT2D eigenvalue weighted by molar-refractivity contribution is 5.95. The predicted octanol–water partition coefficient (Wildman–Crippen LogP) is -5.69. The van der Waals surface area contributed by atoms with Gasteiger partial charge in [0.25, 0.3) is 0 Å². The number of aliphatic imine (C=N–C) groups is 1. The van der Waals surface area contributed by atoms with Crippen LogP contribution in [0.4, 0.5) is 0 Å². The number of rotatable bonds is 19. The first-order valence-corrected chi connectivity index (χ1v) is 11.4. The summed E-state index contributed by atoms with van der Waals surface area (Å²) in [5.41, 5.74) is 31.4. The van der Waals surface area contributed by atoms with Crippen LogP contribution in [0, 0.1) is 0 Å². The van der Waals surface area contributed by atoms with Crippen LogP contribution in [-0.4, -0.2) is 83.2 Å². The number of hydrogen-bond donors (Lipinski definition) is 10. The molecule has 0 fully saturated rings. The van der Waals surface area contributed by atoms with Crippen molar-refractivity contribution in [3.63, 3.8) is 0 Å². The van der Waals surface area contributed by atoms with E-state index in [2.05, 4.69) is 20.9 Å². The normalized spacial score (nSPS) is 13.6. The largest absolute Gasteiger partial charge is 0.480 e. The third-order valence-corrected chi connectivity index (χ3v) is 4.95.